The second-order valence-corrected chi connectivity index (χ2v) is 11.7. The number of H-pyrrole nitrogens is 1. The number of halogens is 1. The molecule has 2 aliphatic rings. The van der Waals surface area contributed by atoms with Crippen LogP contribution >= 0.6 is 11.6 Å². The third-order valence-electron chi connectivity index (χ3n) is 8.05. The molecule has 2 saturated heterocycles. The van der Waals surface area contributed by atoms with Gasteiger partial charge in [0.25, 0.3) is 5.09 Å². The molecule has 18 heteroatoms. The van der Waals surface area contributed by atoms with Crippen LogP contribution in [-0.2, 0) is 41.5 Å². The molecule has 0 spiro atoms. The maximum Gasteiger partial charge on any atom is 0.511 e. The van der Waals surface area contributed by atoms with Gasteiger partial charge < -0.3 is 33.1 Å². The van der Waals surface area contributed by atoms with E-state index in [1.807, 2.05) is 55.5 Å². The third-order valence-corrected chi connectivity index (χ3v) is 8.31. The van der Waals surface area contributed by atoms with Crippen LogP contribution in [0.1, 0.15) is 48.6 Å². The largest absolute Gasteiger partial charge is 0.511 e. The molecule has 4 aromatic rings. The number of ether oxygens (including phenoxy) is 5. The molecule has 0 bridgehead atoms. The highest BCUT2D eigenvalue weighted by atomic mass is 35.5. The van der Waals surface area contributed by atoms with Crippen LogP contribution in [0.4, 0.5) is 4.79 Å². The summed E-state index contributed by atoms with van der Waals surface area (Å²) in [6.07, 6.45) is -3.66. The SMILES string of the molecule is CCCCc1nc(Cl)c(C(=O)OC(C)OC(=O)O[C@H]2CO[C@H]3[C@@H]2OC[C@H]3O[N+](=O)[O-])n1Cc1ccc(-c2ccccc2-c2nnn[nH]2)cc1. The highest BCUT2D eigenvalue weighted by Gasteiger charge is 2.51. The van der Waals surface area contributed by atoms with Crippen molar-refractivity contribution in [1.82, 2.24) is 30.2 Å². The summed E-state index contributed by atoms with van der Waals surface area (Å²) in [5.74, 6) is 0.297. The van der Waals surface area contributed by atoms with Gasteiger partial charge in [0, 0.05) is 25.5 Å². The van der Waals surface area contributed by atoms with Crippen molar-refractivity contribution >= 4 is 23.7 Å². The van der Waals surface area contributed by atoms with Gasteiger partial charge in [-0.15, -0.1) is 15.2 Å². The Bertz CT molecular complexity index is 1790. The first kappa shape index (κ1) is 33.8. The molecule has 258 valence electrons. The summed E-state index contributed by atoms with van der Waals surface area (Å²) in [7, 11) is 0. The third kappa shape index (κ3) is 7.63. The molecule has 1 unspecified atom stereocenters. The number of rotatable bonds is 13. The first-order valence-corrected chi connectivity index (χ1v) is 15.9. The molecule has 5 atom stereocenters. The fourth-order valence-corrected chi connectivity index (χ4v) is 6.07. The number of carbonyl (C=O) groups is 2. The number of imidazole rings is 1. The van der Waals surface area contributed by atoms with Crippen molar-refractivity contribution in [2.45, 2.75) is 70.4 Å². The predicted molar refractivity (Wildman–Crippen MR) is 168 cm³/mol. The average molecular weight is 698 g/mol. The highest BCUT2D eigenvalue weighted by molar-refractivity contribution is 6.32. The van der Waals surface area contributed by atoms with Gasteiger partial charge in [-0.25, -0.2) is 19.7 Å². The van der Waals surface area contributed by atoms with Crippen molar-refractivity contribution in [2.24, 2.45) is 0 Å². The summed E-state index contributed by atoms with van der Waals surface area (Å²) in [4.78, 5) is 45.7. The van der Waals surface area contributed by atoms with E-state index in [4.69, 9.17) is 35.3 Å². The minimum Gasteiger partial charge on any atom is -0.426 e. The van der Waals surface area contributed by atoms with Crippen LogP contribution in [0.3, 0.4) is 0 Å². The van der Waals surface area contributed by atoms with Gasteiger partial charge in [0.1, 0.15) is 18.0 Å². The number of unbranched alkanes of at least 4 members (excludes halogenated alkanes) is 1. The number of esters is 1. The van der Waals surface area contributed by atoms with Gasteiger partial charge in [-0.3, -0.25) is 0 Å². The average Bonchev–Trinajstić information content (AvgIpc) is 3.87. The van der Waals surface area contributed by atoms with Crippen molar-refractivity contribution in [2.75, 3.05) is 13.2 Å². The van der Waals surface area contributed by atoms with E-state index < -0.39 is 47.9 Å². The van der Waals surface area contributed by atoms with E-state index in [1.54, 1.807) is 4.57 Å². The molecular weight excluding hydrogens is 666 g/mol. The summed E-state index contributed by atoms with van der Waals surface area (Å²) >= 11 is 6.49. The van der Waals surface area contributed by atoms with Crippen molar-refractivity contribution in [3.8, 4) is 22.5 Å². The monoisotopic (exact) mass is 697 g/mol. The summed E-state index contributed by atoms with van der Waals surface area (Å²) in [5, 5.41) is 23.9. The van der Waals surface area contributed by atoms with Crippen molar-refractivity contribution in [1.29, 1.82) is 0 Å². The van der Waals surface area contributed by atoms with E-state index in [-0.39, 0.29) is 30.6 Å². The van der Waals surface area contributed by atoms with Crippen LogP contribution in [0.2, 0.25) is 5.15 Å². The molecule has 0 saturated carbocycles. The highest BCUT2D eigenvalue weighted by Crippen LogP contribution is 2.32. The van der Waals surface area contributed by atoms with Gasteiger partial charge in [0.05, 0.1) is 13.2 Å². The maximum absolute atomic E-state index is 13.4. The lowest BCUT2D eigenvalue weighted by Crippen LogP contribution is -2.36. The number of fused-ring (bicyclic) bond motifs is 1. The number of aromatic amines is 1. The van der Waals surface area contributed by atoms with Crippen LogP contribution in [0.25, 0.3) is 22.5 Å². The van der Waals surface area contributed by atoms with Gasteiger partial charge in [0.2, 0.25) is 6.29 Å². The van der Waals surface area contributed by atoms with Gasteiger partial charge in [-0.05, 0) is 33.5 Å². The number of hydrogen-bond acceptors (Lipinski definition) is 14. The van der Waals surface area contributed by atoms with Crippen LogP contribution in [0.5, 0.6) is 0 Å². The first-order valence-electron chi connectivity index (χ1n) is 15.5. The summed E-state index contributed by atoms with van der Waals surface area (Å²) < 4.78 is 28.6. The molecule has 0 radical (unpaired) electrons. The molecule has 2 aliphatic heterocycles. The van der Waals surface area contributed by atoms with Gasteiger partial charge in [-0.2, -0.15) is 0 Å². The van der Waals surface area contributed by atoms with Crippen molar-refractivity contribution < 1.29 is 43.2 Å². The standard InChI is InChI=1S/C31H32ClN7O10/c1-3-4-9-24-33-28(32)25(30(40)46-17(2)47-31(41)48-22-15-44-27-23(49-39(42)43)16-45-26(22)27)38(24)14-18-10-12-19(13-11-18)20-7-5-6-8-21(20)29-34-36-37-35-29/h5-8,10-13,17,22-23,26-27H,3-4,9,14-16H2,1-2H3,(H,34,35,36,37)/t17?,22-,23+,26+,27+/m0/s1. The van der Waals surface area contributed by atoms with Crippen molar-refractivity contribution in [3.05, 3.63) is 80.9 Å². The minimum atomic E-state index is -1.37. The number of aromatic nitrogens is 6. The molecule has 4 heterocycles. The van der Waals surface area contributed by atoms with Crippen LogP contribution in [0, 0.1) is 10.1 Å². The Hall–Kier alpha value is -5.13. The Morgan fingerprint density at radius 3 is 2.49 bits per heavy atom. The fourth-order valence-electron chi connectivity index (χ4n) is 5.79. The lowest BCUT2D eigenvalue weighted by Gasteiger charge is -2.19. The zero-order valence-electron chi connectivity index (χ0n) is 26.4. The van der Waals surface area contributed by atoms with Gasteiger partial charge in [0.15, 0.2) is 28.9 Å². The quantitative estimate of drug-likeness (QED) is 0.0901. The minimum absolute atomic E-state index is 0.00653. The maximum atomic E-state index is 13.4. The van der Waals surface area contributed by atoms with Gasteiger partial charge in [-0.1, -0.05) is 73.5 Å². The summed E-state index contributed by atoms with van der Waals surface area (Å²) in [6, 6.07) is 15.5. The topological polar surface area (TPSA) is 205 Å². The van der Waals surface area contributed by atoms with E-state index in [9.17, 15) is 19.7 Å². The second kappa shape index (κ2) is 15.0. The lowest BCUT2D eigenvalue weighted by atomic mass is 9.98. The molecule has 2 aromatic heterocycles. The zero-order valence-corrected chi connectivity index (χ0v) is 27.1. The Morgan fingerprint density at radius 1 is 1.08 bits per heavy atom. The molecule has 2 fully saturated rings. The van der Waals surface area contributed by atoms with Crippen LogP contribution in [-0.4, -0.2) is 91.3 Å². The Kier molecular flexibility index (Phi) is 10.3. The summed E-state index contributed by atoms with van der Waals surface area (Å²) in [6.45, 7) is 3.46. The van der Waals surface area contributed by atoms with E-state index in [2.05, 4.69) is 30.4 Å². The second-order valence-electron chi connectivity index (χ2n) is 11.3. The Morgan fingerprint density at radius 2 is 1.80 bits per heavy atom. The zero-order chi connectivity index (χ0) is 34.5. The van der Waals surface area contributed by atoms with Gasteiger partial charge >= 0.3 is 12.1 Å². The number of carbonyl (C=O) groups excluding carboxylic acids is 2. The number of nitrogens with zero attached hydrogens (tertiary/aromatic N) is 6. The number of nitrogens with one attached hydrogen (secondary N) is 1. The Balaban J connectivity index is 1.12. The predicted octanol–water partition coefficient (Wildman–Crippen LogP) is 4.17. The van der Waals surface area contributed by atoms with E-state index in [0.29, 0.717) is 18.1 Å². The molecule has 0 amide bonds. The number of aryl methyl sites for hydroxylation is 1. The number of hydrogen-bond donors (Lipinski definition) is 1. The molecular formula is C31H32ClN7O10. The Labute approximate surface area is 283 Å². The normalized spacial score (nSPS) is 20.4. The van der Waals surface area contributed by atoms with Crippen molar-refractivity contribution in [3.63, 3.8) is 0 Å². The fraction of sp³-hybridized carbons (Fsp3) is 0.419. The molecule has 0 aliphatic carbocycles. The van der Waals surface area contributed by atoms with Crippen LogP contribution in [0.15, 0.2) is 48.5 Å². The first-order chi connectivity index (χ1) is 23.7. The van der Waals surface area contributed by atoms with Crippen LogP contribution < -0.4 is 0 Å². The van der Waals surface area contributed by atoms with E-state index >= 15 is 0 Å². The summed E-state index contributed by atoms with van der Waals surface area (Å²) in [5.41, 5.74) is 3.59. The van der Waals surface area contributed by atoms with E-state index in [0.717, 1.165) is 35.1 Å². The van der Waals surface area contributed by atoms with E-state index in [1.165, 1.54) is 6.92 Å². The lowest BCUT2D eigenvalue weighted by molar-refractivity contribution is -0.769. The number of benzene rings is 2. The molecule has 2 aromatic carbocycles. The number of tetrazole rings is 1. The molecule has 1 N–H and O–H groups in total. The smallest absolute Gasteiger partial charge is 0.426 e. The molecule has 17 nitrogen and oxygen atoms in total. The molecule has 6 rings (SSSR count). The molecule has 49 heavy (non-hydrogen) atoms.